The summed E-state index contributed by atoms with van der Waals surface area (Å²) in [6.45, 7) is 3.66. The molecule has 2 amide bonds. The van der Waals surface area contributed by atoms with Gasteiger partial charge >= 0.3 is 5.97 Å². The molecule has 0 saturated heterocycles. The lowest BCUT2D eigenvalue weighted by molar-refractivity contribution is -0.153. The molecule has 1 heterocycles. The third-order valence-electron chi connectivity index (χ3n) is 4.82. The van der Waals surface area contributed by atoms with Crippen LogP contribution in [0.5, 0.6) is 0 Å². The van der Waals surface area contributed by atoms with Gasteiger partial charge in [0.15, 0.2) is 6.10 Å². The molecular formula is C22H23ClN2O4. The summed E-state index contributed by atoms with van der Waals surface area (Å²) in [5.41, 5.74) is 2.42. The summed E-state index contributed by atoms with van der Waals surface area (Å²) in [5.74, 6) is -1.09. The average Bonchev–Trinajstić information content (AvgIpc) is 3.03. The van der Waals surface area contributed by atoms with Crippen LogP contribution in [-0.2, 0) is 20.7 Å². The Labute approximate surface area is 174 Å². The first-order valence-corrected chi connectivity index (χ1v) is 9.89. The van der Waals surface area contributed by atoms with Crippen molar-refractivity contribution in [1.29, 1.82) is 0 Å². The first-order valence-electron chi connectivity index (χ1n) is 9.51. The summed E-state index contributed by atoms with van der Waals surface area (Å²) in [6, 6.07) is 14.2. The quantitative estimate of drug-likeness (QED) is 0.735. The first kappa shape index (κ1) is 20.9. The van der Waals surface area contributed by atoms with Crippen molar-refractivity contribution in [3.63, 3.8) is 0 Å². The fourth-order valence-electron chi connectivity index (χ4n) is 3.39. The van der Waals surface area contributed by atoms with Gasteiger partial charge in [0, 0.05) is 28.9 Å². The maximum absolute atomic E-state index is 12.8. The van der Waals surface area contributed by atoms with Gasteiger partial charge in [-0.05, 0) is 56.2 Å². The van der Waals surface area contributed by atoms with Crippen LogP contribution in [0.3, 0.4) is 0 Å². The summed E-state index contributed by atoms with van der Waals surface area (Å²) in [6.07, 6.45) is -0.148. The van der Waals surface area contributed by atoms with Gasteiger partial charge in [0.05, 0.1) is 6.42 Å². The second-order valence-corrected chi connectivity index (χ2v) is 7.47. The molecule has 0 bridgehead atoms. The summed E-state index contributed by atoms with van der Waals surface area (Å²) in [7, 11) is 0. The van der Waals surface area contributed by atoms with Crippen LogP contribution >= 0.6 is 11.6 Å². The number of benzene rings is 2. The predicted octanol–water partition coefficient (Wildman–Crippen LogP) is 3.37. The van der Waals surface area contributed by atoms with Crippen molar-refractivity contribution in [3.8, 4) is 0 Å². The van der Waals surface area contributed by atoms with Gasteiger partial charge in [-0.1, -0.05) is 29.8 Å². The monoisotopic (exact) mass is 414 g/mol. The minimum atomic E-state index is -0.900. The molecule has 0 aromatic heterocycles. The van der Waals surface area contributed by atoms with Crippen LogP contribution in [0.15, 0.2) is 48.5 Å². The van der Waals surface area contributed by atoms with Crippen molar-refractivity contribution in [2.24, 2.45) is 0 Å². The van der Waals surface area contributed by atoms with Gasteiger partial charge in [0.2, 0.25) is 0 Å². The molecule has 2 aromatic carbocycles. The zero-order valence-corrected chi connectivity index (χ0v) is 17.1. The Hall–Kier alpha value is -2.86. The molecule has 0 saturated carbocycles. The summed E-state index contributed by atoms with van der Waals surface area (Å²) >= 11 is 5.80. The highest BCUT2D eigenvalue weighted by molar-refractivity contribution is 6.30. The molecule has 29 heavy (non-hydrogen) atoms. The third-order valence-corrected chi connectivity index (χ3v) is 5.07. The van der Waals surface area contributed by atoms with Crippen LogP contribution < -0.4 is 10.2 Å². The number of ether oxygens (including phenoxy) is 1. The van der Waals surface area contributed by atoms with Crippen molar-refractivity contribution >= 4 is 35.1 Å². The number of nitrogens with one attached hydrogen (secondary N) is 1. The maximum Gasteiger partial charge on any atom is 0.308 e. The van der Waals surface area contributed by atoms with Crippen LogP contribution in [0.2, 0.25) is 5.02 Å². The van der Waals surface area contributed by atoms with Gasteiger partial charge in [-0.15, -0.1) is 0 Å². The van der Waals surface area contributed by atoms with Gasteiger partial charge in [0.1, 0.15) is 0 Å². The molecule has 1 aliphatic heterocycles. The van der Waals surface area contributed by atoms with E-state index in [1.807, 2.05) is 31.2 Å². The van der Waals surface area contributed by atoms with E-state index in [1.165, 1.54) is 0 Å². The number of hydrogen-bond acceptors (Lipinski definition) is 4. The fraction of sp³-hybridized carbons (Fsp3) is 0.318. The molecule has 1 aliphatic rings. The SMILES string of the molecule is C[C@@H]1Cc2ccccc2N1C(=O)[C@@H](C)OC(=O)CCNC(=O)c1ccc(Cl)cc1. The zero-order valence-electron chi connectivity index (χ0n) is 16.4. The number of halogens is 1. The Morgan fingerprint density at radius 2 is 1.86 bits per heavy atom. The predicted molar refractivity (Wildman–Crippen MR) is 111 cm³/mol. The topological polar surface area (TPSA) is 75.7 Å². The van der Waals surface area contributed by atoms with Gasteiger partial charge in [0.25, 0.3) is 11.8 Å². The Kier molecular flexibility index (Phi) is 6.54. The minimum Gasteiger partial charge on any atom is -0.452 e. The zero-order chi connectivity index (χ0) is 21.0. The van der Waals surface area contributed by atoms with Gasteiger partial charge < -0.3 is 15.0 Å². The maximum atomic E-state index is 12.8. The first-order chi connectivity index (χ1) is 13.9. The molecular weight excluding hydrogens is 392 g/mol. The van der Waals surface area contributed by atoms with Crippen LogP contribution in [0, 0.1) is 0 Å². The van der Waals surface area contributed by atoms with E-state index < -0.39 is 12.1 Å². The number of rotatable bonds is 6. The van der Waals surface area contributed by atoms with Crippen molar-refractivity contribution in [2.75, 3.05) is 11.4 Å². The molecule has 2 atom stereocenters. The Bertz CT molecular complexity index is 913. The van der Waals surface area contributed by atoms with Gasteiger partial charge in [-0.25, -0.2) is 0 Å². The smallest absolute Gasteiger partial charge is 0.308 e. The minimum absolute atomic E-state index is 0.0136. The molecule has 7 heteroatoms. The van der Waals surface area contributed by atoms with E-state index in [0.29, 0.717) is 10.6 Å². The molecule has 0 radical (unpaired) electrons. The molecule has 0 fully saturated rings. The number of amides is 2. The van der Waals surface area contributed by atoms with E-state index in [1.54, 1.807) is 36.1 Å². The summed E-state index contributed by atoms with van der Waals surface area (Å²) in [5, 5.41) is 3.19. The highest BCUT2D eigenvalue weighted by Gasteiger charge is 2.34. The number of hydrogen-bond donors (Lipinski definition) is 1. The number of carbonyl (C=O) groups is 3. The third kappa shape index (κ3) is 4.95. The lowest BCUT2D eigenvalue weighted by atomic mass is 10.1. The fourth-order valence-corrected chi connectivity index (χ4v) is 3.51. The lowest BCUT2D eigenvalue weighted by Gasteiger charge is -2.26. The van der Waals surface area contributed by atoms with Crippen LogP contribution in [0.4, 0.5) is 5.69 Å². The second kappa shape index (κ2) is 9.09. The molecule has 2 aromatic rings. The number of esters is 1. The number of nitrogens with zero attached hydrogens (tertiary/aromatic N) is 1. The lowest BCUT2D eigenvalue weighted by Crippen LogP contribution is -2.43. The summed E-state index contributed by atoms with van der Waals surface area (Å²) in [4.78, 5) is 38.6. The molecule has 152 valence electrons. The average molecular weight is 415 g/mol. The highest BCUT2D eigenvalue weighted by atomic mass is 35.5. The second-order valence-electron chi connectivity index (χ2n) is 7.03. The Morgan fingerprint density at radius 3 is 2.59 bits per heavy atom. The van der Waals surface area contributed by atoms with Crippen molar-refractivity contribution < 1.29 is 19.1 Å². The molecule has 0 aliphatic carbocycles. The molecule has 0 spiro atoms. The van der Waals surface area contributed by atoms with Crippen molar-refractivity contribution in [1.82, 2.24) is 5.32 Å². The van der Waals surface area contributed by atoms with E-state index in [-0.39, 0.29) is 30.8 Å². The molecule has 6 nitrogen and oxygen atoms in total. The number of para-hydroxylation sites is 1. The van der Waals surface area contributed by atoms with Crippen LogP contribution in [0.25, 0.3) is 0 Å². The number of anilines is 1. The van der Waals surface area contributed by atoms with Crippen molar-refractivity contribution in [2.45, 2.75) is 38.8 Å². The van der Waals surface area contributed by atoms with Crippen molar-refractivity contribution in [3.05, 3.63) is 64.7 Å². The number of carbonyl (C=O) groups excluding carboxylic acids is 3. The molecule has 3 rings (SSSR count). The van der Waals surface area contributed by atoms with E-state index in [4.69, 9.17) is 16.3 Å². The van der Waals surface area contributed by atoms with E-state index in [9.17, 15) is 14.4 Å². The van der Waals surface area contributed by atoms with E-state index in [2.05, 4.69) is 5.32 Å². The molecule has 1 N–H and O–H groups in total. The van der Waals surface area contributed by atoms with Crippen LogP contribution in [-0.4, -0.2) is 36.5 Å². The Morgan fingerprint density at radius 1 is 1.17 bits per heavy atom. The van der Waals surface area contributed by atoms with E-state index in [0.717, 1.165) is 17.7 Å². The summed E-state index contributed by atoms with van der Waals surface area (Å²) < 4.78 is 5.29. The normalized spacial score (nSPS) is 16.1. The highest BCUT2D eigenvalue weighted by Crippen LogP contribution is 2.32. The van der Waals surface area contributed by atoms with Gasteiger partial charge in [-0.2, -0.15) is 0 Å². The van der Waals surface area contributed by atoms with Gasteiger partial charge in [-0.3, -0.25) is 14.4 Å². The largest absolute Gasteiger partial charge is 0.452 e. The molecule has 0 unspecified atom stereocenters. The standard InChI is InChI=1S/C22H23ClN2O4/c1-14-13-17-5-3-4-6-19(17)25(14)22(28)15(2)29-20(26)11-12-24-21(27)16-7-9-18(23)10-8-16/h3-10,14-15H,11-13H2,1-2H3,(H,24,27)/t14-,15-/m1/s1. The van der Waals surface area contributed by atoms with Crippen LogP contribution in [0.1, 0.15) is 36.2 Å². The van der Waals surface area contributed by atoms with E-state index >= 15 is 0 Å². The Balaban J connectivity index is 1.48. The number of fused-ring (bicyclic) bond motifs is 1.